The van der Waals surface area contributed by atoms with E-state index in [0.717, 1.165) is 24.0 Å². The van der Waals surface area contributed by atoms with E-state index in [2.05, 4.69) is 5.32 Å². The molecule has 1 aliphatic heterocycles. The molecule has 0 radical (unpaired) electrons. The Morgan fingerprint density at radius 3 is 2.63 bits per heavy atom. The van der Waals surface area contributed by atoms with Crippen molar-refractivity contribution < 1.29 is 18.7 Å². The molecule has 1 saturated carbocycles. The van der Waals surface area contributed by atoms with Gasteiger partial charge in [0.05, 0.1) is 6.54 Å². The van der Waals surface area contributed by atoms with Crippen molar-refractivity contribution in [3.8, 4) is 5.75 Å². The van der Waals surface area contributed by atoms with Crippen molar-refractivity contribution >= 4 is 11.8 Å². The van der Waals surface area contributed by atoms with Crippen LogP contribution in [0, 0.1) is 5.82 Å². The molecule has 30 heavy (non-hydrogen) atoms. The first kappa shape index (κ1) is 20.1. The lowest BCUT2D eigenvalue weighted by atomic mass is 9.96. The first-order valence-corrected chi connectivity index (χ1v) is 10.1. The molecule has 7 nitrogen and oxygen atoms in total. The monoisotopic (exact) mass is 413 g/mol. The summed E-state index contributed by atoms with van der Waals surface area (Å²) in [6, 6.07) is 5.76. The molecular weight excluding hydrogens is 389 g/mol. The number of carbonyl (C=O) groups excluding carboxylic acids is 2. The van der Waals surface area contributed by atoms with Gasteiger partial charge in [-0.1, -0.05) is 0 Å². The molecule has 0 saturated heterocycles. The van der Waals surface area contributed by atoms with Crippen LogP contribution >= 0.6 is 0 Å². The van der Waals surface area contributed by atoms with Crippen LogP contribution in [0.25, 0.3) is 0 Å². The number of fused-ring (bicyclic) bond motifs is 1. The van der Waals surface area contributed by atoms with Crippen LogP contribution in [0.4, 0.5) is 4.39 Å². The summed E-state index contributed by atoms with van der Waals surface area (Å²) in [7, 11) is 0. The molecule has 1 aromatic heterocycles. The molecule has 1 aliphatic carbocycles. The molecule has 4 rings (SSSR count). The quantitative estimate of drug-likeness (QED) is 0.735. The first-order valence-electron chi connectivity index (χ1n) is 10.1. The molecule has 2 aliphatic rings. The predicted octanol–water partition coefficient (Wildman–Crippen LogP) is 2.04. The van der Waals surface area contributed by atoms with Gasteiger partial charge < -0.3 is 19.5 Å². The zero-order chi connectivity index (χ0) is 21.3. The van der Waals surface area contributed by atoms with Crippen LogP contribution in [0.5, 0.6) is 5.75 Å². The minimum absolute atomic E-state index is 0.0197. The van der Waals surface area contributed by atoms with E-state index in [9.17, 15) is 18.8 Å². The molecule has 0 bridgehead atoms. The van der Waals surface area contributed by atoms with E-state index in [4.69, 9.17) is 4.74 Å². The number of ether oxygens (including phenoxy) is 1. The number of hydrogen-bond acceptors (Lipinski definition) is 4. The number of benzene rings is 1. The standard InChI is InChI=1S/C22H24FN3O4/c1-14(27)25-10-8-19-15(12-25)13-26(17-4-5-17)22(29)20(19)21(28)24-9-11-30-18-6-2-16(23)3-7-18/h2-3,6-7,13,17H,4-5,8-12H2,1H3,(H,24,28). The highest BCUT2D eigenvalue weighted by molar-refractivity contribution is 5.95. The van der Waals surface area contributed by atoms with Gasteiger partial charge in [0.15, 0.2) is 0 Å². The van der Waals surface area contributed by atoms with Gasteiger partial charge in [0, 0.05) is 32.3 Å². The Hall–Kier alpha value is -3.16. The fourth-order valence-electron chi connectivity index (χ4n) is 3.76. The molecule has 2 aromatic rings. The van der Waals surface area contributed by atoms with E-state index in [1.54, 1.807) is 9.47 Å². The highest BCUT2D eigenvalue weighted by Crippen LogP contribution is 2.34. The zero-order valence-electron chi connectivity index (χ0n) is 16.8. The third-order valence-corrected chi connectivity index (χ3v) is 5.51. The van der Waals surface area contributed by atoms with Crippen molar-refractivity contribution in [3.63, 3.8) is 0 Å². The summed E-state index contributed by atoms with van der Waals surface area (Å²) in [5.41, 5.74) is 1.48. The van der Waals surface area contributed by atoms with E-state index in [1.165, 1.54) is 31.2 Å². The Labute approximate surface area is 173 Å². The Kier molecular flexibility index (Phi) is 5.57. The molecule has 2 amide bonds. The van der Waals surface area contributed by atoms with Crippen LogP contribution in [0.15, 0.2) is 35.3 Å². The van der Waals surface area contributed by atoms with Gasteiger partial charge >= 0.3 is 0 Å². The van der Waals surface area contributed by atoms with Crippen LogP contribution in [-0.4, -0.2) is 41.0 Å². The Balaban J connectivity index is 1.49. The summed E-state index contributed by atoms with van der Waals surface area (Å²) in [5, 5.41) is 2.76. The average molecular weight is 413 g/mol. The fraction of sp³-hybridized carbons (Fsp3) is 0.409. The maximum atomic E-state index is 13.0. The van der Waals surface area contributed by atoms with Gasteiger partial charge in [-0.3, -0.25) is 14.4 Å². The lowest BCUT2D eigenvalue weighted by Crippen LogP contribution is -2.41. The molecule has 0 spiro atoms. The summed E-state index contributed by atoms with van der Waals surface area (Å²) >= 11 is 0. The second kappa shape index (κ2) is 8.30. The summed E-state index contributed by atoms with van der Waals surface area (Å²) < 4.78 is 20.1. The lowest BCUT2D eigenvalue weighted by molar-refractivity contribution is -0.129. The average Bonchev–Trinajstić information content (AvgIpc) is 3.56. The van der Waals surface area contributed by atoms with Crippen LogP contribution in [0.3, 0.4) is 0 Å². The number of carbonyl (C=O) groups is 2. The van der Waals surface area contributed by atoms with Gasteiger partial charge in [-0.2, -0.15) is 0 Å². The van der Waals surface area contributed by atoms with Crippen molar-refractivity contribution in [2.24, 2.45) is 0 Å². The summed E-state index contributed by atoms with van der Waals surface area (Å²) in [5.74, 6) is -0.290. The number of nitrogens with zero attached hydrogens (tertiary/aromatic N) is 2. The molecule has 1 fully saturated rings. The van der Waals surface area contributed by atoms with Crippen LogP contribution in [0.1, 0.15) is 47.3 Å². The number of halogens is 1. The molecule has 0 atom stereocenters. The van der Waals surface area contributed by atoms with Crippen molar-refractivity contribution in [2.45, 2.75) is 38.8 Å². The summed E-state index contributed by atoms with van der Waals surface area (Å²) in [6.45, 7) is 2.83. The number of aromatic nitrogens is 1. The number of hydrogen-bond donors (Lipinski definition) is 1. The first-order chi connectivity index (χ1) is 14.4. The SMILES string of the molecule is CC(=O)N1CCc2c(cn(C3CC3)c(=O)c2C(=O)NCCOc2ccc(F)cc2)C1. The van der Waals surface area contributed by atoms with Crippen LogP contribution < -0.4 is 15.6 Å². The highest BCUT2D eigenvalue weighted by atomic mass is 19.1. The van der Waals surface area contributed by atoms with Gasteiger partial charge in [0.1, 0.15) is 23.7 Å². The fourth-order valence-corrected chi connectivity index (χ4v) is 3.76. The number of rotatable bonds is 6. The molecule has 1 N–H and O–H groups in total. The third kappa shape index (κ3) is 4.22. The third-order valence-electron chi connectivity index (χ3n) is 5.51. The molecule has 8 heteroatoms. The Morgan fingerprint density at radius 1 is 1.23 bits per heavy atom. The van der Waals surface area contributed by atoms with Gasteiger partial charge in [-0.05, 0) is 54.7 Å². The molecule has 1 aromatic carbocycles. The number of nitrogens with one attached hydrogen (secondary N) is 1. The topological polar surface area (TPSA) is 80.6 Å². The lowest BCUT2D eigenvalue weighted by Gasteiger charge is -2.29. The molecule has 158 valence electrons. The minimum atomic E-state index is -0.426. The summed E-state index contributed by atoms with van der Waals surface area (Å²) in [4.78, 5) is 39.4. The molecule has 2 heterocycles. The Morgan fingerprint density at radius 2 is 1.97 bits per heavy atom. The van der Waals surface area contributed by atoms with E-state index in [-0.39, 0.29) is 42.0 Å². The minimum Gasteiger partial charge on any atom is -0.492 e. The summed E-state index contributed by atoms with van der Waals surface area (Å²) in [6.07, 6.45) is 4.13. The van der Waals surface area contributed by atoms with Gasteiger partial charge in [-0.25, -0.2) is 4.39 Å². The predicted molar refractivity (Wildman–Crippen MR) is 108 cm³/mol. The van der Waals surface area contributed by atoms with Crippen molar-refractivity contribution in [3.05, 3.63) is 63.3 Å². The second-order valence-corrected chi connectivity index (χ2v) is 7.70. The van der Waals surface area contributed by atoms with E-state index in [1.807, 2.05) is 6.20 Å². The van der Waals surface area contributed by atoms with Gasteiger partial charge in [0.2, 0.25) is 5.91 Å². The van der Waals surface area contributed by atoms with Crippen LogP contribution in [-0.2, 0) is 17.8 Å². The van der Waals surface area contributed by atoms with E-state index in [0.29, 0.717) is 25.3 Å². The molecule has 0 unspecified atom stereocenters. The van der Waals surface area contributed by atoms with Gasteiger partial charge in [-0.15, -0.1) is 0 Å². The van der Waals surface area contributed by atoms with Crippen molar-refractivity contribution in [2.75, 3.05) is 19.7 Å². The number of pyridine rings is 1. The van der Waals surface area contributed by atoms with Crippen LogP contribution in [0.2, 0.25) is 0 Å². The smallest absolute Gasteiger partial charge is 0.263 e. The highest BCUT2D eigenvalue weighted by Gasteiger charge is 2.31. The van der Waals surface area contributed by atoms with E-state index < -0.39 is 5.91 Å². The number of amides is 2. The van der Waals surface area contributed by atoms with Gasteiger partial charge in [0.25, 0.3) is 11.5 Å². The normalized spacial score (nSPS) is 15.5. The van der Waals surface area contributed by atoms with E-state index >= 15 is 0 Å². The maximum Gasteiger partial charge on any atom is 0.263 e. The van der Waals surface area contributed by atoms with Crippen molar-refractivity contribution in [1.82, 2.24) is 14.8 Å². The molecular formula is C22H24FN3O4. The zero-order valence-corrected chi connectivity index (χ0v) is 16.8. The largest absolute Gasteiger partial charge is 0.492 e. The second-order valence-electron chi connectivity index (χ2n) is 7.70. The maximum absolute atomic E-state index is 13.0. The van der Waals surface area contributed by atoms with Crippen molar-refractivity contribution in [1.29, 1.82) is 0 Å². The Bertz CT molecular complexity index is 1030.